The van der Waals surface area contributed by atoms with E-state index in [4.69, 9.17) is 5.73 Å². The van der Waals surface area contributed by atoms with Gasteiger partial charge in [0.1, 0.15) is 0 Å². The molecule has 5 heteroatoms. The second-order valence-corrected chi connectivity index (χ2v) is 3.60. The highest BCUT2D eigenvalue weighted by Gasteiger charge is 2.09. The SMILES string of the molecule is C=CCC(C)Nc1ccc([N+](=O)[O-])cc1N. The van der Waals surface area contributed by atoms with Gasteiger partial charge in [-0.25, -0.2) is 0 Å². The first-order valence-electron chi connectivity index (χ1n) is 4.96. The molecule has 1 atom stereocenters. The average Bonchev–Trinajstić information content (AvgIpc) is 2.21. The van der Waals surface area contributed by atoms with Crippen LogP contribution in [-0.4, -0.2) is 11.0 Å². The summed E-state index contributed by atoms with van der Waals surface area (Å²) < 4.78 is 0. The zero-order valence-electron chi connectivity index (χ0n) is 9.14. The van der Waals surface area contributed by atoms with Crippen molar-refractivity contribution < 1.29 is 4.92 Å². The lowest BCUT2D eigenvalue weighted by Crippen LogP contribution is -2.15. The molecule has 16 heavy (non-hydrogen) atoms. The van der Waals surface area contributed by atoms with E-state index < -0.39 is 4.92 Å². The van der Waals surface area contributed by atoms with Crippen molar-refractivity contribution in [1.29, 1.82) is 0 Å². The Morgan fingerprint density at radius 1 is 1.69 bits per heavy atom. The van der Waals surface area contributed by atoms with Crippen molar-refractivity contribution in [1.82, 2.24) is 0 Å². The normalized spacial score (nSPS) is 11.8. The molecule has 3 N–H and O–H groups in total. The summed E-state index contributed by atoms with van der Waals surface area (Å²) in [6.45, 7) is 5.63. The van der Waals surface area contributed by atoms with Gasteiger partial charge in [-0.3, -0.25) is 10.1 Å². The van der Waals surface area contributed by atoms with Crippen LogP contribution in [0.3, 0.4) is 0 Å². The Hall–Kier alpha value is -2.04. The van der Waals surface area contributed by atoms with Gasteiger partial charge < -0.3 is 11.1 Å². The first-order valence-corrected chi connectivity index (χ1v) is 4.96. The number of nitro groups is 1. The smallest absolute Gasteiger partial charge is 0.271 e. The highest BCUT2D eigenvalue weighted by atomic mass is 16.6. The molecule has 0 heterocycles. The number of rotatable bonds is 5. The lowest BCUT2D eigenvalue weighted by molar-refractivity contribution is -0.384. The van der Waals surface area contributed by atoms with Gasteiger partial charge >= 0.3 is 0 Å². The van der Waals surface area contributed by atoms with E-state index in [0.717, 1.165) is 6.42 Å². The predicted molar refractivity (Wildman–Crippen MR) is 65.4 cm³/mol. The molecule has 86 valence electrons. The molecule has 0 saturated carbocycles. The van der Waals surface area contributed by atoms with Gasteiger partial charge in [-0.15, -0.1) is 6.58 Å². The third-order valence-electron chi connectivity index (χ3n) is 2.17. The minimum absolute atomic E-state index is 0.000534. The molecule has 5 nitrogen and oxygen atoms in total. The van der Waals surface area contributed by atoms with E-state index in [9.17, 15) is 10.1 Å². The van der Waals surface area contributed by atoms with E-state index in [1.807, 2.05) is 6.92 Å². The van der Waals surface area contributed by atoms with Crippen LogP contribution in [0.4, 0.5) is 17.1 Å². The molecule has 0 amide bonds. The van der Waals surface area contributed by atoms with E-state index in [1.165, 1.54) is 12.1 Å². The number of hydrogen-bond acceptors (Lipinski definition) is 4. The Labute approximate surface area is 94.1 Å². The molecular formula is C11H15N3O2. The maximum Gasteiger partial charge on any atom is 0.271 e. The number of nitrogens with zero attached hydrogens (tertiary/aromatic N) is 1. The van der Waals surface area contributed by atoms with Crippen LogP contribution in [0.5, 0.6) is 0 Å². The minimum atomic E-state index is -0.465. The van der Waals surface area contributed by atoms with Crippen molar-refractivity contribution in [3.8, 4) is 0 Å². The zero-order valence-corrected chi connectivity index (χ0v) is 9.14. The van der Waals surface area contributed by atoms with Gasteiger partial charge in [0.15, 0.2) is 0 Å². The van der Waals surface area contributed by atoms with Gasteiger partial charge in [-0.05, 0) is 19.4 Å². The number of nitrogens with one attached hydrogen (secondary N) is 1. The molecular weight excluding hydrogens is 206 g/mol. The second kappa shape index (κ2) is 5.16. The third kappa shape index (κ3) is 2.98. The first kappa shape index (κ1) is 12.0. The standard InChI is InChI=1S/C11H15N3O2/c1-3-4-8(2)13-11-6-5-9(14(15)16)7-10(11)12/h3,5-8,13H,1,4,12H2,2H3. The van der Waals surface area contributed by atoms with E-state index in [2.05, 4.69) is 11.9 Å². The minimum Gasteiger partial charge on any atom is -0.397 e. The number of nitrogen functional groups attached to an aromatic ring is 1. The molecule has 0 radical (unpaired) electrons. The fourth-order valence-corrected chi connectivity index (χ4v) is 1.37. The summed E-state index contributed by atoms with van der Waals surface area (Å²) in [5.74, 6) is 0. The largest absolute Gasteiger partial charge is 0.397 e. The topological polar surface area (TPSA) is 81.2 Å². The van der Waals surface area contributed by atoms with Gasteiger partial charge in [0.2, 0.25) is 0 Å². The molecule has 0 aliphatic carbocycles. The highest BCUT2D eigenvalue weighted by Crippen LogP contribution is 2.24. The molecule has 0 saturated heterocycles. The van der Waals surface area contributed by atoms with E-state index >= 15 is 0 Å². The highest BCUT2D eigenvalue weighted by molar-refractivity contribution is 5.69. The van der Waals surface area contributed by atoms with Crippen molar-refractivity contribution in [3.05, 3.63) is 41.0 Å². The monoisotopic (exact) mass is 221 g/mol. The average molecular weight is 221 g/mol. The van der Waals surface area contributed by atoms with Crippen molar-refractivity contribution >= 4 is 17.1 Å². The first-order chi connectivity index (χ1) is 7.54. The van der Waals surface area contributed by atoms with Gasteiger partial charge in [-0.2, -0.15) is 0 Å². The van der Waals surface area contributed by atoms with E-state index in [-0.39, 0.29) is 11.7 Å². The van der Waals surface area contributed by atoms with Gasteiger partial charge in [0.05, 0.1) is 16.3 Å². The van der Waals surface area contributed by atoms with E-state index in [0.29, 0.717) is 11.4 Å². The van der Waals surface area contributed by atoms with Crippen molar-refractivity contribution in [2.45, 2.75) is 19.4 Å². The Morgan fingerprint density at radius 2 is 2.38 bits per heavy atom. The fraction of sp³-hybridized carbons (Fsp3) is 0.273. The van der Waals surface area contributed by atoms with Crippen LogP contribution >= 0.6 is 0 Å². The summed E-state index contributed by atoms with van der Waals surface area (Å²) in [6, 6.07) is 4.59. The quantitative estimate of drug-likeness (QED) is 0.346. The Bertz CT molecular complexity index is 404. The molecule has 1 aromatic carbocycles. The molecule has 0 aromatic heterocycles. The zero-order chi connectivity index (χ0) is 12.1. The second-order valence-electron chi connectivity index (χ2n) is 3.60. The molecule has 1 rings (SSSR count). The van der Waals surface area contributed by atoms with Crippen LogP contribution in [-0.2, 0) is 0 Å². The maximum atomic E-state index is 10.5. The van der Waals surface area contributed by atoms with Crippen molar-refractivity contribution in [2.24, 2.45) is 0 Å². The number of nitro benzene ring substituents is 1. The molecule has 1 aromatic rings. The number of nitrogens with two attached hydrogens (primary N) is 1. The molecule has 1 unspecified atom stereocenters. The predicted octanol–water partition coefficient (Wildman–Crippen LogP) is 2.55. The third-order valence-corrected chi connectivity index (χ3v) is 2.17. The van der Waals surface area contributed by atoms with E-state index in [1.54, 1.807) is 12.1 Å². The van der Waals surface area contributed by atoms with Gasteiger partial charge in [0, 0.05) is 18.2 Å². The number of non-ortho nitro benzene ring substituents is 1. The van der Waals surface area contributed by atoms with Crippen LogP contribution in [0.1, 0.15) is 13.3 Å². The Kier molecular flexibility index (Phi) is 3.88. The lowest BCUT2D eigenvalue weighted by atomic mass is 10.2. The Balaban J connectivity index is 2.82. The summed E-state index contributed by atoms with van der Waals surface area (Å²) in [5, 5.41) is 13.7. The van der Waals surface area contributed by atoms with Crippen LogP contribution < -0.4 is 11.1 Å². The van der Waals surface area contributed by atoms with Crippen molar-refractivity contribution in [3.63, 3.8) is 0 Å². The summed E-state index contributed by atoms with van der Waals surface area (Å²) in [6.07, 6.45) is 2.61. The van der Waals surface area contributed by atoms with Gasteiger partial charge in [0.25, 0.3) is 5.69 Å². The van der Waals surface area contributed by atoms with Crippen LogP contribution in [0, 0.1) is 10.1 Å². The molecule has 0 fully saturated rings. The molecule has 0 bridgehead atoms. The van der Waals surface area contributed by atoms with Crippen molar-refractivity contribution in [2.75, 3.05) is 11.1 Å². The Morgan fingerprint density at radius 3 is 2.88 bits per heavy atom. The van der Waals surface area contributed by atoms with Crippen LogP contribution in [0.2, 0.25) is 0 Å². The summed E-state index contributed by atoms with van der Waals surface area (Å²) in [4.78, 5) is 10.0. The molecule has 0 aliphatic rings. The fourth-order valence-electron chi connectivity index (χ4n) is 1.37. The summed E-state index contributed by atoms with van der Waals surface area (Å²) >= 11 is 0. The van der Waals surface area contributed by atoms with Crippen LogP contribution in [0.15, 0.2) is 30.9 Å². The maximum absolute atomic E-state index is 10.5. The summed E-state index contributed by atoms with van der Waals surface area (Å²) in [7, 11) is 0. The molecule has 0 spiro atoms. The summed E-state index contributed by atoms with van der Waals surface area (Å²) in [5.41, 5.74) is 6.80. The number of anilines is 2. The van der Waals surface area contributed by atoms with Gasteiger partial charge in [-0.1, -0.05) is 6.08 Å². The molecule has 0 aliphatic heterocycles. The number of hydrogen-bond donors (Lipinski definition) is 2. The number of benzene rings is 1. The lowest BCUT2D eigenvalue weighted by Gasteiger charge is -2.14. The van der Waals surface area contributed by atoms with Crippen LogP contribution in [0.25, 0.3) is 0 Å².